The number of aromatic nitrogens is 4. The minimum atomic E-state index is -0.639. The SMILES string of the molecule is CC(C)[C@@H](C)[C@@]1(C)CC[C@]2(C)[C@H]3CC[C@@H]4[C@@]5(C)COC[C@@]4(C3=CC[C@@]2(C)[C@@H]1C(=O)O)[C@@H](OC[C@H](c1ccccc1)N(C)C)[C@H](n1nnc(N)n1)C5. The lowest BCUT2D eigenvalue weighted by molar-refractivity contribution is -0.255. The molecule has 2 heterocycles. The van der Waals surface area contributed by atoms with Crippen molar-refractivity contribution in [3.8, 4) is 0 Å². The number of rotatable bonds is 9. The molecule has 51 heavy (non-hydrogen) atoms. The average Bonchev–Trinajstić information content (AvgIpc) is 3.51. The predicted octanol–water partition coefficient (Wildman–Crippen LogP) is 7.07. The zero-order valence-electron chi connectivity index (χ0n) is 32.4. The molecule has 0 radical (unpaired) electrons. The number of carboxylic acid groups (broad SMARTS) is 1. The van der Waals surface area contributed by atoms with Crippen molar-refractivity contribution in [3.63, 3.8) is 0 Å². The Hall–Kier alpha value is -2.82. The second-order valence-electron chi connectivity index (χ2n) is 18.8. The fraction of sp³-hybridized carbons (Fsp3) is 0.756. The van der Waals surface area contributed by atoms with Crippen LogP contribution in [0.1, 0.15) is 105 Å². The Kier molecular flexibility index (Phi) is 9.06. The first-order valence-corrected chi connectivity index (χ1v) is 19.4. The lowest BCUT2D eigenvalue weighted by Gasteiger charge is -2.71. The van der Waals surface area contributed by atoms with Crippen LogP contribution in [-0.4, -0.2) is 76.2 Å². The number of nitrogens with two attached hydrogens (primary N) is 1. The van der Waals surface area contributed by atoms with Crippen LogP contribution in [0.4, 0.5) is 5.95 Å². The van der Waals surface area contributed by atoms with Crippen LogP contribution < -0.4 is 5.73 Å². The van der Waals surface area contributed by atoms with Gasteiger partial charge in [0.2, 0.25) is 0 Å². The van der Waals surface area contributed by atoms with Gasteiger partial charge in [-0.05, 0) is 109 Å². The normalized spacial score (nSPS) is 41.6. The van der Waals surface area contributed by atoms with Crippen LogP contribution in [0.25, 0.3) is 0 Å². The Morgan fingerprint density at radius 1 is 1.08 bits per heavy atom. The number of benzene rings is 1. The molecule has 5 aliphatic rings. The van der Waals surface area contributed by atoms with E-state index in [0.717, 1.165) is 38.5 Å². The van der Waals surface area contributed by atoms with Crippen LogP contribution in [0, 0.1) is 56.7 Å². The van der Waals surface area contributed by atoms with Crippen molar-refractivity contribution < 1.29 is 19.4 Å². The Bertz CT molecular complexity index is 1650. The van der Waals surface area contributed by atoms with Gasteiger partial charge in [-0.1, -0.05) is 95.5 Å². The molecule has 4 aliphatic carbocycles. The molecule has 1 aromatic heterocycles. The topological polar surface area (TPSA) is 129 Å². The average molecular weight is 703 g/mol. The highest BCUT2D eigenvalue weighted by atomic mass is 16.5. The number of carboxylic acids is 1. The van der Waals surface area contributed by atoms with Gasteiger partial charge in [-0.3, -0.25) is 4.79 Å². The van der Waals surface area contributed by atoms with Gasteiger partial charge < -0.3 is 25.2 Å². The van der Waals surface area contributed by atoms with Crippen molar-refractivity contribution in [3.05, 3.63) is 47.5 Å². The third kappa shape index (κ3) is 5.27. The smallest absolute Gasteiger partial charge is 0.307 e. The summed E-state index contributed by atoms with van der Waals surface area (Å²) in [6, 6.07) is 10.4. The van der Waals surface area contributed by atoms with Gasteiger partial charge in [0, 0.05) is 5.41 Å². The van der Waals surface area contributed by atoms with Crippen molar-refractivity contribution in [1.29, 1.82) is 0 Å². The van der Waals surface area contributed by atoms with Gasteiger partial charge in [0.15, 0.2) is 0 Å². The van der Waals surface area contributed by atoms with E-state index in [1.54, 1.807) is 4.80 Å². The van der Waals surface area contributed by atoms with Crippen LogP contribution in [-0.2, 0) is 14.3 Å². The van der Waals surface area contributed by atoms with E-state index < -0.39 is 22.7 Å². The van der Waals surface area contributed by atoms with Crippen molar-refractivity contribution in [2.75, 3.05) is 39.6 Å². The molecule has 280 valence electrons. The third-order valence-electron chi connectivity index (χ3n) is 16.0. The number of allylic oxidation sites excluding steroid dienone is 1. The van der Waals surface area contributed by atoms with Crippen molar-refractivity contribution in [1.82, 2.24) is 25.1 Å². The molecule has 1 saturated heterocycles. The molecule has 0 unspecified atom stereocenters. The third-order valence-corrected chi connectivity index (χ3v) is 16.0. The summed E-state index contributed by atoms with van der Waals surface area (Å²) in [5.74, 6) is 0.345. The van der Waals surface area contributed by atoms with Gasteiger partial charge in [0.25, 0.3) is 5.95 Å². The highest BCUT2D eigenvalue weighted by Crippen LogP contribution is 2.75. The van der Waals surface area contributed by atoms with Crippen LogP contribution in [0.3, 0.4) is 0 Å². The molecule has 7 rings (SSSR count). The Labute approximate surface area is 304 Å². The highest BCUT2D eigenvalue weighted by molar-refractivity contribution is 5.73. The molecule has 3 N–H and O–H groups in total. The van der Waals surface area contributed by atoms with Gasteiger partial charge in [0.1, 0.15) is 6.04 Å². The number of hydrogen-bond acceptors (Lipinski definition) is 8. The van der Waals surface area contributed by atoms with E-state index in [-0.39, 0.29) is 46.3 Å². The van der Waals surface area contributed by atoms with E-state index >= 15 is 0 Å². The Balaban J connectivity index is 1.37. The number of tetrazole rings is 1. The second kappa shape index (κ2) is 12.7. The summed E-state index contributed by atoms with van der Waals surface area (Å²) < 4.78 is 14.1. The zero-order valence-corrected chi connectivity index (χ0v) is 32.4. The standard InChI is InChI=1S/C41H62N6O4/c1-25(2)26(3)38(5)19-20-39(6)28-15-16-32-37(4)21-30(47-44-36(42)43-45-47)34(51-22-31(46(8)9)27-13-11-10-12-14-27)41(32,24-50-23-37)29(28)17-18-40(39,7)33(38)35(48)49/h10-14,17,25-26,28,30-34H,15-16,18-24H2,1-9H3,(H2,42,44)(H,48,49)/t26-,28+,30-,31-,32-,33-,34+,37-,38-,39-,40+,41+/m1/s1. The van der Waals surface area contributed by atoms with Gasteiger partial charge in [-0.25, -0.2) is 0 Å². The summed E-state index contributed by atoms with van der Waals surface area (Å²) in [6.07, 6.45) is 7.76. The predicted molar refractivity (Wildman–Crippen MR) is 197 cm³/mol. The number of carbonyl (C=O) groups is 1. The number of nitrogens with zero attached hydrogens (tertiary/aromatic N) is 5. The van der Waals surface area contributed by atoms with Crippen molar-refractivity contribution in [2.24, 2.45) is 56.7 Å². The molecule has 4 fully saturated rings. The molecular weight excluding hydrogens is 640 g/mol. The molecule has 10 nitrogen and oxygen atoms in total. The lowest BCUT2D eigenvalue weighted by Crippen LogP contribution is -2.70. The Morgan fingerprint density at radius 3 is 2.43 bits per heavy atom. The number of ether oxygens (including phenoxy) is 2. The quantitative estimate of drug-likeness (QED) is 0.264. The van der Waals surface area contributed by atoms with Gasteiger partial charge in [0.05, 0.1) is 37.9 Å². The van der Waals surface area contributed by atoms with Gasteiger partial charge in [-0.2, -0.15) is 4.80 Å². The Morgan fingerprint density at radius 2 is 1.80 bits per heavy atom. The van der Waals surface area contributed by atoms with E-state index in [2.05, 4.69) is 119 Å². The summed E-state index contributed by atoms with van der Waals surface area (Å²) in [5, 5.41) is 24.4. The number of aliphatic carboxylic acids is 1. The molecule has 3 saturated carbocycles. The van der Waals surface area contributed by atoms with Crippen LogP contribution >= 0.6 is 0 Å². The molecule has 2 bridgehead atoms. The maximum absolute atomic E-state index is 13.6. The first-order valence-electron chi connectivity index (χ1n) is 19.4. The number of hydrogen-bond donors (Lipinski definition) is 2. The maximum Gasteiger partial charge on any atom is 0.307 e. The van der Waals surface area contributed by atoms with Crippen LogP contribution in [0.5, 0.6) is 0 Å². The van der Waals surface area contributed by atoms with E-state index in [9.17, 15) is 9.90 Å². The molecule has 1 aliphatic heterocycles. The molecule has 2 aromatic rings. The number of nitrogen functional groups attached to an aromatic ring is 1. The lowest BCUT2D eigenvalue weighted by atomic mass is 9.34. The molecule has 1 aromatic carbocycles. The van der Waals surface area contributed by atoms with E-state index in [1.807, 2.05) is 0 Å². The molecule has 12 atom stereocenters. The van der Waals surface area contributed by atoms with E-state index in [0.29, 0.717) is 37.6 Å². The summed E-state index contributed by atoms with van der Waals surface area (Å²) >= 11 is 0. The molecule has 0 amide bonds. The van der Waals surface area contributed by atoms with Crippen LogP contribution in [0.15, 0.2) is 42.0 Å². The number of likely N-dealkylation sites (N-methyl/N-ethyl adjacent to an activating group) is 1. The largest absolute Gasteiger partial charge is 0.481 e. The minimum absolute atomic E-state index is 0.0455. The second-order valence-corrected chi connectivity index (χ2v) is 18.8. The summed E-state index contributed by atoms with van der Waals surface area (Å²) in [6.45, 7) is 17.9. The minimum Gasteiger partial charge on any atom is -0.481 e. The van der Waals surface area contributed by atoms with Crippen molar-refractivity contribution >= 4 is 11.9 Å². The monoisotopic (exact) mass is 702 g/mol. The molecule has 0 spiro atoms. The molecule has 10 heteroatoms. The summed E-state index contributed by atoms with van der Waals surface area (Å²) in [5.41, 5.74) is 7.31. The van der Waals surface area contributed by atoms with Crippen molar-refractivity contribution in [2.45, 2.75) is 105 Å². The first-order chi connectivity index (χ1) is 24.0. The number of fused-ring (bicyclic) bond motifs is 3. The van der Waals surface area contributed by atoms with E-state index in [4.69, 9.17) is 15.2 Å². The fourth-order valence-electron chi connectivity index (χ4n) is 12.9. The van der Waals surface area contributed by atoms with Gasteiger partial charge in [-0.15, -0.1) is 5.10 Å². The highest BCUT2D eigenvalue weighted by Gasteiger charge is 2.72. The maximum atomic E-state index is 13.6. The summed E-state index contributed by atoms with van der Waals surface area (Å²) in [7, 11) is 4.22. The van der Waals surface area contributed by atoms with E-state index in [1.165, 1.54) is 11.1 Å². The summed E-state index contributed by atoms with van der Waals surface area (Å²) in [4.78, 5) is 17.5. The zero-order chi connectivity index (χ0) is 36.7. The first kappa shape index (κ1) is 36.5. The van der Waals surface area contributed by atoms with Crippen LogP contribution in [0.2, 0.25) is 0 Å². The number of anilines is 1. The van der Waals surface area contributed by atoms with Gasteiger partial charge >= 0.3 is 5.97 Å². The molecular formula is C41H62N6O4. The fourth-order valence-corrected chi connectivity index (χ4v) is 12.9.